The first-order valence-electron chi connectivity index (χ1n) is 4.92. The zero-order chi connectivity index (χ0) is 10.1. The van der Waals surface area contributed by atoms with Crippen LogP contribution >= 0.6 is 0 Å². The van der Waals surface area contributed by atoms with Crippen molar-refractivity contribution in [3.8, 4) is 0 Å². The van der Waals surface area contributed by atoms with Gasteiger partial charge >= 0.3 is 0 Å². The smallest absolute Gasteiger partial charge is 0.0181 e. The monoisotopic (exact) mass is 185 g/mol. The van der Waals surface area contributed by atoms with Gasteiger partial charge in [0.1, 0.15) is 0 Å². The van der Waals surface area contributed by atoms with E-state index >= 15 is 0 Å². The van der Waals surface area contributed by atoms with Gasteiger partial charge in [-0.3, -0.25) is 0 Å². The van der Waals surface area contributed by atoms with E-state index in [4.69, 9.17) is 5.73 Å². The number of benzene rings is 2. The largest absolute Gasteiger partial charge is 0.326 e. The van der Waals surface area contributed by atoms with Crippen LogP contribution in [0.15, 0.2) is 30.3 Å². The Labute approximate surface area is 84.5 Å². The van der Waals surface area contributed by atoms with Crippen LogP contribution in [0, 0.1) is 13.8 Å². The average molecular weight is 185 g/mol. The zero-order valence-corrected chi connectivity index (χ0v) is 8.67. The molecule has 0 fully saturated rings. The third-order valence-corrected chi connectivity index (χ3v) is 2.96. The third kappa shape index (κ3) is 1.30. The van der Waals surface area contributed by atoms with Crippen LogP contribution in [0.25, 0.3) is 10.8 Å². The standard InChI is InChI=1S/C13H15N/c1-9-10(2)13-6-4-3-5-11(13)7-12(9)8-14/h3-7H,8,14H2,1-2H3. The average Bonchev–Trinajstić information content (AvgIpc) is 2.23. The SMILES string of the molecule is Cc1c(CN)cc2ccccc2c1C. The lowest BCUT2D eigenvalue weighted by atomic mass is 9.96. The second-order valence-corrected chi connectivity index (χ2v) is 3.71. The first-order chi connectivity index (χ1) is 6.74. The molecule has 0 aliphatic carbocycles. The fourth-order valence-corrected chi connectivity index (χ4v) is 1.92. The van der Waals surface area contributed by atoms with Gasteiger partial charge in [-0.25, -0.2) is 0 Å². The van der Waals surface area contributed by atoms with Gasteiger partial charge in [0.15, 0.2) is 0 Å². The number of hydrogen-bond donors (Lipinski definition) is 1. The van der Waals surface area contributed by atoms with Gasteiger partial charge in [-0.1, -0.05) is 24.3 Å². The van der Waals surface area contributed by atoms with E-state index in [0.29, 0.717) is 6.54 Å². The van der Waals surface area contributed by atoms with E-state index in [1.807, 2.05) is 0 Å². The van der Waals surface area contributed by atoms with E-state index in [0.717, 1.165) is 0 Å². The molecule has 0 atom stereocenters. The second kappa shape index (κ2) is 3.43. The Balaban J connectivity index is 2.85. The Morgan fingerprint density at radius 3 is 2.50 bits per heavy atom. The fourth-order valence-electron chi connectivity index (χ4n) is 1.92. The van der Waals surface area contributed by atoms with Crippen molar-refractivity contribution < 1.29 is 0 Å². The molecule has 0 aliphatic heterocycles. The Morgan fingerprint density at radius 2 is 1.79 bits per heavy atom. The number of hydrogen-bond acceptors (Lipinski definition) is 1. The van der Waals surface area contributed by atoms with Crippen LogP contribution in [-0.2, 0) is 6.54 Å². The summed E-state index contributed by atoms with van der Waals surface area (Å²) in [6, 6.07) is 10.6. The summed E-state index contributed by atoms with van der Waals surface area (Å²) in [5.41, 5.74) is 9.64. The van der Waals surface area contributed by atoms with Crippen LogP contribution < -0.4 is 5.73 Å². The summed E-state index contributed by atoms with van der Waals surface area (Å²) in [5.74, 6) is 0. The van der Waals surface area contributed by atoms with E-state index < -0.39 is 0 Å². The molecule has 0 bridgehead atoms. The van der Waals surface area contributed by atoms with Crippen molar-refractivity contribution >= 4 is 10.8 Å². The Hall–Kier alpha value is -1.34. The van der Waals surface area contributed by atoms with Crippen molar-refractivity contribution in [3.63, 3.8) is 0 Å². The van der Waals surface area contributed by atoms with Crippen LogP contribution in [0.4, 0.5) is 0 Å². The van der Waals surface area contributed by atoms with Gasteiger partial charge < -0.3 is 5.73 Å². The van der Waals surface area contributed by atoms with Gasteiger partial charge in [0.2, 0.25) is 0 Å². The molecule has 0 unspecified atom stereocenters. The van der Waals surface area contributed by atoms with Gasteiger partial charge in [0.05, 0.1) is 0 Å². The predicted octanol–water partition coefficient (Wildman–Crippen LogP) is 2.92. The highest BCUT2D eigenvalue weighted by Gasteiger charge is 2.04. The van der Waals surface area contributed by atoms with Gasteiger partial charge in [-0.15, -0.1) is 0 Å². The van der Waals surface area contributed by atoms with Crippen molar-refractivity contribution in [2.75, 3.05) is 0 Å². The first kappa shape index (κ1) is 9.22. The highest BCUT2D eigenvalue weighted by atomic mass is 14.5. The maximum absolute atomic E-state index is 5.71. The Kier molecular flexibility index (Phi) is 2.26. The molecule has 0 aromatic heterocycles. The number of nitrogens with two attached hydrogens (primary N) is 1. The number of rotatable bonds is 1. The molecule has 0 aliphatic rings. The van der Waals surface area contributed by atoms with Gasteiger partial charge in [-0.2, -0.15) is 0 Å². The van der Waals surface area contributed by atoms with E-state index in [-0.39, 0.29) is 0 Å². The molecule has 1 heteroatoms. The minimum atomic E-state index is 0.623. The van der Waals surface area contributed by atoms with Crippen molar-refractivity contribution in [2.24, 2.45) is 5.73 Å². The molecule has 2 aromatic rings. The Morgan fingerprint density at radius 1 is 1.07 bits per heavy atom. The van der Waals surface area contributed by atoms with Crippen molar-refractivity contribution in [1.29, 1.82) is 0 Å². The number of fused-ring (bicyclic) bond motifs is 1. The molecule has 1 nitrogen and oxygen atoms in total. The summed E-state index contributed by atoms with van der Waals surface area (Å²) < 4.78 is 0. The molecule has 2 N–H and O–H groups in total. The summed E-state index contributed by atoms with van der Waals surface area (Å²) in [5, 5.41) is 2.62. The first-order valence-corrected chi connectivity index (χ1v) is 4.92. The Bertz CT molecular complexity index is 472. The van der Waals surface area contributed by atoms with Crippen molar-refractivity contribution in [3.05, 3.63) is 47.0 Å². The van der Waals surface area contributed by atoms with E-state index in [1.165, 1.54) is 27.5 Å². The predicted molar refractivity (Wildman–Crippen MR) is 61.3 cm³/mol. The third-order valence-electron chi connectivity index (χ3n) is 2.96. The lowest BCUT2D eigenvalue weighted by Crippen LogP contribution is -2.00. The summed E-state index contributed by atoms with van der Waals surface area (Å²) in [7, 11) is 0. The maximum atomic E-state index is 5.71. The minimum Gasteiger partial charge on any atom is -0.326 e. The normalized spacial score (nSPS) is 10.8. The summed E-state index contributed by atoms with van der Waals surface area (Å²) in [6.07, 6.45) is 0. The van der Waals surface area contributed by atoms with Crippen molar-refractivity contribution in [1.82, 2.24) is 0 Å². The molecule has 0 saturated carbocycles. The lowest BCUT2D eigenvalue weighted by Gasteiger charge is -2.10. The van der Waals surface area contributed by atoms with E-state index in [9.17, 15) is 0 Å². The van der Waals surface area contributed by atoms with Gasteiger partial charge in [0, 0.05) is 6.54 Å². The molecule has 0 amide bonds. The summed E-state index contributed by atoms with van der Waals surface area (Å²) >= 11 is 0. The highest BCUT2D eigenvalue weighted by molar-refractivity contribution is 5.87. The van der Waals surface area contributed by atoms with Crippen LogP contribution in [-0.4, -0.2) is 0 Å². The van der Waals surface area contributed by atoms with Crippen LogP contribution in [0.2, 0.25) is 0 Å². The van der Waals surface area contributed by atoms with Crippen LogP contribution in [0.1, 0.15) is 16.7 Å². The van der Waals surface area contributed by atoms with Gasteiger partial charge in [-0.05, 0) is 47.4 Å². The molecule has 2 aromatic carbocycles. The quantitative estimate of drug-likeness (QED) is 0.726. The maximum Gasteiger partial charge on any atom is 0.0181 e. The molecule has 2 rings (SSSR count). The molecule has 0 spiro atoms. The summed E-state index contributed by atoms with van der Waals surface area (Å²) in [6.45, 7) is 4.93. The zero-order valence-electron chi connectivity index (χ0n) is 8.67. The van der Waals surface area contributed by atoms with Crippen molar-refractivity contribution in [2.45, 2.75) is 20.4 Å². The lowest BCUT2D eigenvalue weighted by molar-refractivity contribution is 1.05. The second-order valence-electron chi connectivity index (χ2n) is 3.71. The van der Waals surface area contributed by atoms with E-state index in [2.05, 4.69) is 44.2 Å². The van der Waals surface area contributed by atoms with E-state index in [1.54, 1.807) is 0 Å². The highest BCUT2D eigenvalue weighted by Crippen LogP contribution is 2.24. The molecule has 14 heavy (non-hydrogen) atoms. The molecular weight excluding hydrogens is 170 g/mol. The van der Waals surface area contributed by atoms with Crippen LogP contribution in [0.5, 0.6) is 0 Å². The topological polar surface area (TPSA) is 26.0 Å². The van der Waals surface area contributed by atoms with Gasteiger partial charge in [0.25, 0.3) is 0 Å². The minimum absolute atomic E-state index is 0.623. The summed E-state index contributed by atoms with van der Waals surface area (Å²) in [4.78, 5) is 0. The molecule has 0 radical (unpaired) electrons. The molecule has 72 valence electrons. The van der Waals surface area contributed by atoms with Crippen LogP contribution in [0.3, 0.4) is 0 Å². The molecule has 0 saturated heterocycles. The molecular formula is C13H15N. The number of aryl methyl sites for hydroxylation is 1. The molecule has 0 heterocycles. The fraction of sp³-hybridized carbons (Fsp3) is 0.231.